The Balaban J connectivity index is 1.81. The van der Waals surface area contributed by atoms with Crippen molar-refractivity contribution >= 4 is 44.9 Å². The summed E-state index contributed by atoms with van der Waals surface area (Å²) >= 11 is 4.79. The van der Waals surface area contributed by atoms with Gasteiger partial charge < -0.3 is 19.5 Å². The number of esters is 2. The van der Waals surface area contributed by atoms with Gasteiger partial charge in [-0.3, -0.25) is 0 Å². The third-order valence-corrected chi connectivity index (χ3v) is 7.31. The average Bonchev–Trinajstić information content (AvgIpc) is 3.17. The van der Waals surface area contributed by atoms with E-state index >= 15 is 0 Å². The molecule has 0 atom stereocenters. The summed E-state index contributed by atoms with van der Waals surface area (Å²) in [6.07, 6.45) is 0. The Hall–Kier alpha value is -2.84. The van der Waals surface area contributed by atoms with Crippen molar-refractivity contribution in [2.24, 2.45) is 0 Å². The monoisotopic (exact) mass is 545 g/mol. The molecule has 6 nitrogen and oxygen atoms in total. The summed E-state index contributed by atoms with van der Waals surface area (Å²) in [5.41, 5.74) is 4.35. The fraction of sp³-hybridized carbons (Fsp3) is 0.308. The molecule has 8 heteroatoms. The first-order valence-electron chi connectivity index (χ1n) is 11.0. The van der Waals surface area contributed by atoms with Gasteiger partial charge in [-0.15, -0.1) is 11.3 Å². The number of carbonyl (C=O) groups excluding carboxylic acids is 2. The number of thiophene rings is 1. The van der Waals surface area contributed by atoms with Crippen molar-refractivity contribution in [1.29, 1.82) is 0 Å². The highest BCUT2D eigenvalue weighted by Crippen LogP contribution is 2.46. The fourth-order valence-corrected chi connectivity index (χ4v) is 5.23. The number of hydrogen-bond acceptors (Lipinski definition) is 7. The fourth-order valence-electron chi connectivity index (χ4n) is 3.27. The van der Waals surface area contributed by atoms with E-state index < -0.39 is 11.9 Å². The van der Waals surface area contributed by atoms with E-state index in [-0.39, 0.29) is 23.8 Å². The average molecular weight is 546 g/mol. The minimum atomic E-state index is -0.532. The summed E-state index contributed by atoms with van der Waals surface area (Å²) in [6, 6.07) is 16.5. The van der Waals surface area contributed by atoms with Crippen LogP contribution in [0.2, 0.25) is 0 Å². The molecular weight excluding hydrogens is 518 g/mol. The Morgan fingerprint density at radius 3 is 2.50 bits per heavy atom. The first kappa shape index (κ1) is 25.8. The van der Waals surface area contributed by atoms with Crippen molar-refractivity contribution in [1.82, 2.24) is 0 Å². The molecule has 0 radical (unpaired) electrons. The lowest BCUT2D eigenvalue weighted by molar-refractivity contribution is -0.145. The molecule has 0 fully saturated rings. The Bertz CT molecular complexity index is 1140. The third kappa shape index (κ3) is 6.39. The Morgan fingerprint density at radius 1 is 1.12 bits per heavy atom. The van der Waals surface area contributed by atoms with E-state index in [2.05, 4.69) is 59.4 Å². The molecule has 2 aromatic carbocycles. The number of anilines is 1. The van der Waals surface area contributed by atoms with Crippen LogP contribution in [0.15, 0.2) is 53.0 Å². The molecule has 0 aliphatic carbocycles. The van der Waals surface area contributed by atoms with Crippen molar-refractivity contribution in [3.05, 3.63) is 69.0 Å². The quantitative estimate of drug-likeness (QED) is 0.288. The van der Waals surface area contributed by atoms with Crippen molar-refractivity contribution in [2.75, 3.05) is 25.6 Å². The van der Waals surface area contributed by atoms with Crippen LogP contribution in [0, 0.1) is 0 Å². The molecule has 0 unspecified atom stereocenters. The second-order valence-electron chi connectivity index (χ2n) is 7.82. The normalized spacial score (nSPS) is 10.8. The Morgan fingerprint density at radius 2 is 1.85 bits per heavy atom. The summed E-state index contributed by atoms with van der Waals surface area (Å²) in [6.45, 7) is 6.72. The van der Waals surface area contributed by atoms with Crippen LogP contribution in [0.5, 0.6) is 5.75 Å². The van der Waals surface area contributed by atoms with Crippen LogP contribution in [-0.4, -0.2) is 32.3 Å². The molecule has 1 N–H and O–H groups in total. The molecule has 180 valence electrons. The molecule has 0 spiro atoms. The topological polar surface area (TPSA) is 73.9 Å². The summed E-state index contributed by atoms with van der Waals surface area (Å²) in [5.74, 6) is -0.270. The van der Waals surface area contributed by atoms with E-state index in [1.54, 1.807) is 6.92 Å². The number of methoxy groups -OCH3 is 1. The third-order valence-electron chi connectivity index (χ3n) is 5.09. The van der Waals surface area contributed by atoms with Gasteiger partial charge in [-0.05, 0) is 57.6 Å². The van der Waals surface area contributed by atoms with E-state index in [1.807, 2.05) is 24.3 Å². The van der Waals surface area contributed by atoms with Gasteiger partial charge in [0.25, 0.3) is 0 Å². The number of benzene rings is 2. The second kappa shape index (κ2) is 12.0. The number of carbonyl (C=O) groups is 2. The first-order valence-corrected chi connectivity index (χ1v) is 12.6. The SMILES string of the molecule is CCOC(=O)COc1c(C(=O)OC)sc(-c2cccc(NCc3ccc(C(C)C)cc3)c2)c1Br. The molecule has 0 saturated carbocycles. The van der Waals surface area contributed by atoms with Gasteiger partial charge in [0.05, 0.1) is 23.1 Å². The highest BCUT2D eigenvalue weighted by Gasteiger charge is 2.25. The number of rotatable bonds is 10. The molecule has 0 saturated heterocycles. The van der Waals surface area contributed by atoms with Crippen LogP contribution < -0.4 is 10.1 Å². The molecule has 3 aromatic rings. The number of hydrogen-bond donors (Lipinski definition) is 1. The summed E-state index contributed by atoms with van der Waals surface area (Å²) in [7, 11) is 1.31. The maximum Gasteiger partial charge on any atom is 0.351 e. The number of ether oxygens (including phenoxy) is 3. The summed E-state index contributed by atoms with van der Waals surface area (Å²) < 4.78 is 16.1. The highest BCUT2D eigenvalue weighted by atomic mass is 79.9. The van der Waals surface area contributed by atoms with Gasteiger partial charge in [-0.25, -0.2) is 9.59 Å². The second-order valence-corrected chi connectivity index (χ2v) is 9.63. The summed E-state index contributed by atoms with van der Waals surface area (Å²) in [4.78, 5) is 25.2. The van der Waals surface area contributed by atoms with Crippen molar-refractivity contribution < 1.29 is 23.8 Å². The van der Waals surface area contributed by atoms with Crippen molar-refractivity contribution in [2.45, 2.75) is 33.2 Å². The van der Waals surface area contributed by atoms with E-state index in [9.17, 15) is 9.59 Å². The molecule has 0 amide bonds. The van der Waals surface area contributed by atoms with Crippen LogP contribution in [0.1, 0.15) is 47.5 Å². The lowest BCUT2D eigenvalue weighted by Crippen LogP contribution is -2.15. The van der Waals surface area contributed by atoms with Crippen molar-refractivity contribution in [3.63, 3.8) is 0 Å². The van der Waals surface area contributed by atoms with Gasteiger partial charge in [0, 0.05) is 12.2 Å². The van der Waals surface area contributed by atoms with Crippen LogP contribution in [0.25, 0.3) is 10.4 Å². The zero-order valence-electron chi connectivity index (χ0n) is 19.6. The molecular formula is C26H28BrNO5S. The van der Waals surface area contributed by atoms with Gasteiger partial charge in [-0.1, -0.05) is 50.2 Å². The van der Waals surface area contributed by atoms with Gasteiger partial charge in [0.15, 0.2) is 17.2 Å². The van der Waals surface area contributed by atoms with Crippen LogP contribution >= 0.6 is 27.3 Å². The Labute approximate surface area is 212 Å². The summed E-state index contributed by atoms with van der Waals surface area (Å²) in [5, 5.41) is 3.45. The standard InChI is InChI=1S/C26H28BrNO5S/c1-5-32-21(29)15-33-23-22(27)24(34-25(23)26(30)31-4)19-7-6-8-20(13-19)28-14-17-9-11-18(12-10-17)16(2)3/h6-13,16,28H,5,14-15H2,1-4H3. The molecule has 3 rings (SSSR count). The lowest BCUT2D eigenvalue weighted by atomic mass is 10.0. The molecule has 0 aliphatic heterocycles. The highest BCUT2D eigenvalue weighted by molar-refractivity contribution is 9.10. The zero-order valence-corrected chi connectivity index (χ0v) is 22.0. The lowest BCUT2D eigenvalue weighted by Gasteiger charge is -2.10. The van der Waals surface area contributed by atoms with E-state index in [0.717, 1.165) is 16.1 Å². The molecule has 0 aliphatic rings. The van der Waals surface area contributed by atoms with Crippen molar-refractivity contribution in [3.8, 4) is 16.2 Å². The van der Waals surface area contributed by atoms with E-state index in [0.29, 0.717) is 16.9 Å². The predicted octanol–water partition coefficient (Wildman–Crippen LogP) is 6.64. The molecule has 1 heterocycles. The minimum absolute atomic E-state index is 0.254. The number of nitrogens with one attached hydrogen (secondary N) is 1. The van der Waals surface area contributed by atoms with Gasteiger partial charge >= 0.3 is 11.9 Å². The first-order chi connectivity index (χ1) is 16.3. The Kier molecular flexibility index (Phi) is 9.12. The minimum Gasteiger partial charge on any atom is -0.479 e. The predicted molar refractivity (Wildman–Crippen MR) is 139 cm³/mol. The molecule has 1 aromatic heterocycles. The smallest absolute Gasteiger partial charge is 0.351 e. The number of halogens is 1. The van der Waals surface area contributed by atoms with Gasteiger partial charge in [-0.2, -0.15) is 0 Å². The van der Waals surface area contributed by atoms with Gasteiger partial charge in [0.1, 0.15) is 0 Å². The van der Waals surface area contributed by atoms with E-state index in [4.69, 9.17) is 14.2 Å². The van der Waals surface area contributed by atoms with Crippen LogP contribution in [0.4, 0.5) is 5.69 Å². The van der Waals surface area contributed by atoms with E-state index in [1.165, 1.54) is 29.6 Å². The van der Waals surface area contributed by atoms with Crippen LogP contribution in [-0.2, 0) is 20.8 Å². The maximum atomic E-state index is 12.4. The zero-order chi connectivity index (χ0) is 24.7. The van der Waals surface area contributed by atoms with Gasteiger partial charge in [0.2, 0.25) is 0 Å². The van der Waals surface area contributed by atoms with Crippen LogP contribution in [0.3, 0.4) is 0 Å². The molecule has 34 heavy (non-hydrogen) atoms. The molecule has 0 bridgehead atoms. The maximum absolute atomic E-state index is 12.4. The largest absolute Gasteiger partial charge is 0.479 e.